The van der Waals surface area contributed by atoms with Crippen molar-refractivity contribution in [1.29, 1.82) is 0 Å². The monoisotopic (exact) mass is 292 g/mol. The number of rotatable bonds is 2. The molecule has 22 heavy (non-hydrogen) atoms. The molecule has 0 fully saturated rings. The topological polar surface area (TPSA) is 44.8 Å². The molecule has 0 atom stereocenters. The largest absolute Gasteiger partial charge is 0.454 e. The zero-order chi connectivity index (χ0) is 14.9. The van der Waals surface area contributed by atoms with Gasteiger partial charge in [0, 0.05) is 5.56 Å². The van der Waals surface area contributed by atoms with Crippen molar-refractivity contribution in [2.24, 2.45) is 0 Å². The molecule has 2 aromatic carbocycles. The quantitative estimate of drug-likeness (QED) is 0.628. The lowest BCUT2D eigenvalue weighted by Crippen LogP contribution is -1.97. The van der Waals surface area contributed by atoms with Gasteiger partial charge in [-0.25, -0.2) is 4.79 Å². The van der Waals surface area contributed by atoms with Gasteiger partial charge in [-0.2, -0.15) is 0 Å². The van der Waals surface area contributed by atoms with E-state index < -0.39 is 0 Å². The number of carbonyl (C=O) groups excluding carboxylic acids is 1. The van der Waals surface area contributed by atoms with E-state index in [2.05, 4.69) is 0 Å². The molecular weight excluding hydrogens is 280 g/mol. The van der Waals surface area contributed by atoms with Crippen molar-refractivity contribution in [3.8, 4) is 11.5 Å². The summed E-state index contributed by atoms with van der Waals surface area (Å²) < 4.78 is 15.9. The summed E-state index contributed by atoms with van der Waals surface area (Å²) in [5.41, 5.74) is 2.25. The van der Waals surface area contributed by atoms with Gasteiger partial charge in [0.15, 0.2) is 11.5 Å². The van der Waals surface area contributed by atoms with Gasteiger partial charge < -0.3 is 14.2 Å². The molecule has 108 valence electrons. The first kappa shape index (κ1) is 12.7. The Hall–Kier alpha value is -3.01. The highest BCUT2D eigenvalue weighted by atomic mass is 16.7. The Morgan fingerprint density at radius 3 is 2.64 bits per heavy atom. The third-order valence-corrected chi connectivity index (χ3v) is 3.50. The van der Waals surface area contributed by atoms with E-state index in [1.54, 1.807) is 12.2 Å². The van der Waals surface area contributed by atoms with Crippen LogP contribution in [0.15, 0.2) is 60.2 Å². The standard InChI is InChI=1S/C18H12O4/c19-18-14(10-16(22-18)13-4-2-1-3-5-13)8-12-6-7-15-17(9-12)21-11-20-15/h1-10H,11H2. The predicted octanol–water partition coefficient (Wildman–Crippen LogP) is 3.40. The van der Waals surface area contributed by atoms with Crippen LogP contribution in [0.25, 0.3) is 11.8 Å². The van der Waals surface area contributed by atoms with Gasteiger partial charge in [-0.15, -0.1) is 0 Å². The van der Waals surface area contributed by atoms with Gasteiger partial charge in [0.25, 0.3) is 0 Å². The molecule has 0 spiro atoms. The van der Waals surface area contributed by atoms with Crippen molar-refractivity contribution in [2.45, 2.75) is 0 Å². The normalized spacial score (nSPS) is 17.5. The average Bonchev–Trinajstić information content (AvgIpc) is 3.15. The summed E-state index contributed by atoms with van der Waals surface area (Å²) in [6.07, 6.45) is 3.53. The predicted molar refractivity (Wildman–Crippen MR) is 81.1 cm³/mol. The van der Waals surface area contributed by atoms with Gasteiger partial charge in [-0.1, -0.05) is 36.4 Å². The average molecular weight is 292 g/mol. The maximum atomic E-state index is 12.0. The van der Waals surface area contributed by atoms with Crippen molar-refractivity contribution in [1.82, 2.24) is 0 Å². The van der Waals surface area contributed by atoms with Gasteiger partial charge in [0.2, 0.25) is 6.79 Å². The van der Waals surface area contributed by atoms with Crippen molar-refractivity contribution >= 4 is 17.8 Å². The summed E-state index contributed by atoms with van der Waals surface area (Å²) in [7, 11) is 0. The summed E-state index contributed by atoms with van der Waals surface area (Å²) in [6, 6.07) is 15.1. The fourth-order valence-electron chi connectivity index (χ4n) is 2.42. The third kappa shape index (κ3) is 2.24. The second-order valence-electron chi connectivity index (χ2n) is 4.98. The highest BCUT2D eigenvalue weighted by Crippen LogP contribution is 2.34. The molecule has 2 aliphatic rings. The van der Waals surface area contributed by atoms with Crippen LogP contribution in [0.3, 0.4) is 0 Å². The molecule has 2 aromatic rings. The Labute approximate surface area is 127 Å². The lowest BCUT2D eigenvalue weighted by atomic mass is 10.1. The summed E-state index contributed by atoms with van der Waals surface area (Å²) in [5.74, 6) is 1.62. The molecule has 4 nitrogen and oxygen atoms in total. The Bertz CT molecular complexity index is 803. The van der Waals surface area contributed by atoms with Crippen molar-refractivity contribution < 1.29 is 19.0 Å². The zero-order valence-electron chi connectivity index (χ0n) is 11.6. The number of esters is 1. The molecule has 2 aliphatic heterocycles. The number of ether oxygens (including phenoxy) is 3. The number of carbonyl (C=O) groups is 1. The lowest BCUT2D eigenvalue weighted by Gasteiger charge is -2.00. The molecule has 4 heteroatoms. The van der Waals surface area contributed by atoms with Crippen LogP contribution < -0.4 is 9.47 Å². The second-order valence-corrected chi connectivity index (χ2v) is 4.98. The summed E-state index contributed by atoms with van der Waals surface area (Å²) in [5, 5.41) is 0. The fourth-order valence-corrected chi connectivity index (χ4v) is 2.42. The van der Waals surface area contributed by atoms with Gasteiger partial charge in [0.1, 0.15) is 5.76 Å². The van der Waals surface area contributed by atoms with Crippen LogP contribution in [0.2, 0.25) is 0 Å². The molecule has 0 saturated carbocycles. The number of benzene rings is 2. The highest BCUT2D eigenvalue weighted by Gasteiger charge is 2.22. The van der Waals surface area contributed by atoms with Gasteiger partial charge in [-0.05, 0) is 29.8 Å². The minimum Gasteiger partial charge on any atom is -0.454 e. The van der Waals surface area contributed by atoms with Gasteiger partial charge in [0.05, 0.1) is 5.57 Å². The fraction of sp³-hybridized carbons (Fsp3) is 0.0556. The van der Waals surface area contributed by atoms with E-state index in [9.17, 15) is 4.79 Å². The number of fused-ring (bicyclic) bond motifs is 1. The van der Waals surface area contributed by atoms with E-state index in [1.807, 2.05) is 48.5 Å². The van der Waals surface area contributed by atoms with E-state index >= 15 is 0 Å². The first-order chi connectivity index (χ1) is 10.8. The highest BCUT2D eigenvalue weighted by molar-refractivity contribution is 6.05. The van der Waals surface area contributed by atoms with Crippen LogP contribution >= 0.6 is 0 Å². The SMILES string of the molecule is O=C1OC(c2ccccc2)=CC1=Cc1ccc2c(c1)OCO2. The Kier molecular flexibility index (Phi) is 2.93. The van der Waals surface area contributed by atoms with E-state index in [1.165, 1.54) is 0 Å². The molecule has 2 heterocycles. The smallest absolute Gasteiger partial charge is 0.343 e. The van der Waals surface area contributed by atoms with Crippen LogP contribution in [-0.2, 0) is 9.53 Å². The first-order valence-electron chi connectivity index (χ1n) is 6.90. The maximum Gasteiger partial charge on any atom is 0.343 e. The minimum atomic E-state index is -0.350. The molecule has 0 saturated heterocycles. The number of hydrogen-bond donors (Lipinski definition) is 0. The first-order valence-corrected chi connectivity index (χ1v) is 6.90. The number of hydrogen-bond acceptors (Lipinski definition) is 4. The molecule has 0 bridgehead atoms. The van der Waals surface area contributed by atoms with Crippen molar-refractivity contribution in [3.05, 3.63) is 71.3 Å². The molecule has 4 rings (SSSR count). The Morgan fingerprint density at radius 1 is 0.955 bits per heavy atom. The minimum absolute atomic E-state index is 0.232. The molecule has 0 radical (unpaired) electrons. The van der Waals surface area contributed by atoms with Crippen molar-refractivity contribution in [3.63, 3.8) is 0 Å². The van der Waals surface area contributed by atoms with Crippen molar-refractivity contribution in [2.75, 3.05) is 6.79 Å². The van der Waals surface area contributed by atoms with E-state index in [-0.39, 0.29) is 12.8 Å². The van der Waals surface area contributed by atoms with E-state index in [4.69, 9.17) is 14.2 Å². The van der Waals surface area contributed by atoms with Crippen LogP contribution in [0, 0.1) is 0 Å². The lowest BCUT2D eigenvalue weighted by molar-refractivity contribution is -0.130. The van der Waals surface area contributed by atoms with Crippen LogP contribution in [0.5, 0.6) is 11.5 Å². The summed E-state index contributed by atoms with van der Waals surface area (Å²) >= 11 is 0. The van der Waals surface area contributed by atoms with Crippen LogP contribution in [-0.4, -0.2) is 12.8 Å². The Morgan fingerprint density at radius 2 is 1.77 bits per heavy atom. The number of cyclic esters (lactones) is 1. The third-order valence-electron chi connectivity index (χ3n) is 3.50. The van der Waals surface area contributed by atoms with Crippen LogP contribution in [0.1, 0.15) is 11.1 Å². The molecule has 0 amide bonds. The summed E-state index contributed by atoms with van der Waals surface area (Å²) in [4.78, 5) is 12.0. The summed E-state index contributed by atoms with van der Waals surface area (Å²) in [6.45, 7) is 0.232. The molecule has 0 aliphatic carbocycles. The van der Waals surface area contributed by atoms with Gasteiger partial charge >= 0.3 is 5.97 Å². The zero-order valence-corrected chi connectivity index (χ0v) is 11.6. The molecular formula is C18H12O4. The molecule has 0 unspecified atom stereocenters. The Balaban J connectivity index is 1.67. The van der Waals surface area contributed by atoms with E-state index in [0.717, 1.165) is 16.9 Å². The van der Waals surface area contributed by atoms with E-state index in [0.29, 0.717) is 17.1 Å². The molecule has 0 N–H and O–H groups in total. The van der Waals surface area contributed by atoms with Crippen LogP contribution in [0.4, 0.5) is 0 Å². The second kappa shape index (κ2) is 5.07. The maximum absolute atomic E-state index is 12.0. The molecule has 0 aromatic heterocycles. The van der Waals surface area contributed by atoms with Gasteiger partial charge in [-0.3, -0.25) is 0 Å².